The van der Waals surface area contributed by atoms with Crippen LogP contribution in [0.1, 0.15) is 21.7 Å². The molecule has 0 spiro atoms. The summed E-state index contributed by atoms with van der Waals surface area (Å²) in [5.41, 5.74) is 0.619. The van der Waals surface area contributed by atoms with E-state index >= 15 is 0 Å². The molecule has 0 saturated carbocycles. The van der Waals surface area contributed by atoms with Gasteiger partial charge in [0.1, 0.15) is 12.2 Å². The van der Waals surface area contributed by atoms with Crippen LogP contribution in [0.4, 0.5) is 0 Å². The van der Waals surface area contributed by atoms with Gasteiger partial charge in [-0.15, -0.1) is 10.2 Å². The van der Waals surface area contributed by atoms with E-state index in [1.54, 1.807) is 11.6 Å². The predicted molar refractivity (Wildman–Crippen MR) is 73.9 cm³/mol. The highest BCUT2D eigenvalue weighted by molar-refractivity contribution is 7.88. The van der Waals surface area contributed by atoms with Crippen LogP contribution in [0.15, 0.2) is 30.6 Å². The minimum Gasteiger partial charge on any atom is -0.478 e. The number of carbonyl (C=O) groups is 1. The van der Waals surface area contributed by atoms with Gasteiger partial charge in [-0.2, -0.15) is 0 Å². The Kier molecular flexibility index (Phi) is 4.34. The molecule has 0 radical (unpaired) electrons. The Balaban J connectivity index is 2.00. The first kappa shape index (κ1) is 15.1. The first-order chi connectivity index (χ1) is 9.87. The predicted octanol–water partition coefficient (Wildman–Crippen LogP) is 0.133. The molecular formula is C12H14N4O4S. The van der Waals surface area contributed by atoms with Crippen LogP contribution in [-0.4, -0.2) is 34.3 Å². The van der Waals surface area contributed by atoms with Crippen molar-refractivity contribution in [3.05, 3.63) is 47.5 Å². The molecule has 112 valence electrons. The van der Waals surface area contributed by atoms with Crippen LogP contribution < -0.4 is 4.72 Å². The maximum Gasteiger partial charge on any atom is 0.335 e. The number of sulfonamides is 1. The summed E-state index contributed by atoms with van der Waals surface area (Å²) < 4.78 is 27.9. The molecule has 1 aromatic carbocycles. The van der Waals surface area contributed by atoms with Crippen LogP contribution in [0, 0.1) is 0 Å². The fourth-order valence-electron chi connectivity index (χ4n) is 1.66. The smallest absolute Gasteiger partial charge is 0.335 e. The number of rotatable bonds is 6. The fraction of sp³-hybridized carbons (Fsp3) is 0.250. The second-order valence-corrected chi connectivity index (χ2v) is 6.25. The molecule has 0 aliphatic carbocycles. The van der Waals surface area contributed by atoms with Crippen molar-refractivity contribution >= 4 is 16.0 Å². The molecule has 21 heavy (non-hydrogen) atoms. The van der Waals surface area contributed by atoms with Crippen LogP contribution in [0.5, 0.6) is 0 Å². The van der Waals surface area contributed by atoms with Gasteiger partial charge >= 0.3 is 5.97 Å². The van der Waals surface area contributed by atoms with E-state index in [-0.39, 0.29) is 17.9 Å². The second kappa shape index (κ2) is 6.02. The van der Waals surface area contributed by atoms with Crippen molar-refractivity contribution in [1.29, 1.82) is 0 Å². The molecule has 0 aliphatic heterocycles. The number of nitrogens with one attached hydrogen (secondary N) is 1. The SMILES string of the molecule is Cn1cnnc1CNS(=O)(=O)Cc1ccc(C(=O)O)cc1. The minimum atomic E-state index is -3.54. The maximum absolute atomic E-state index is 11.9. The van der Waals surface area contributed by atoms with E-state index in [0.717, 1.165) is 0 Å². The van der Waals surface area contributed by atoms with E-state index in [1.165, 1.54) is 30.6 Å². The van der Waals surface area contributed by atoms with E-state index in [0.29, 0.717) is 11.4 Å². The molecule has 1 heterocycles. The Hall–Kier alpha value is -2.26. The average molecular weight is 310 g/mol. The number of carboxylic acid groups (broad SMARTS) is 1. The van der Waals surface area contributed by atoms with Gasteiger partial charge in [-0.3, -0.25) is 0 Å². The zero-order valence-corrected chi connectivity index (χ0v) is 12.0. The van der Waals surface area contributed by atoms with E-state index in [9.17, 15) is 13.2 Å². The van der Waals surface area contributed by atoms with Crippen molar-refractivity contribution in [3.8, 4) is 0 Å². The Morgan fingerprint density at radius 1 is 1.33 bits per heavy atom. The van der Waals surface area contributed by atoms with Gasteiger partial charge in [-0.1, -0.05) is 12.1 Å². The summed E-state index contributed by atoms with van der Waals surface area (Å²) in [6.45, 7) is 0.0477. The summed E-state index contributed by atoms with van der Waals surface area (Å²) in [6, 6.07) is 5.70. The lowest BCUT2D eigenvalue weighted by Crippen LogP contribution is -2.26. The molecule has 0 bridgehead atoms. The number of hydrogen-bond acceptors (Lipinski definition) is 5. The lowest BCUT2D eigenvalue weighted by atomic mass is 10.1. The molecule has 0 unspecified atom stereocenters. The highest BCUT2D eigenvalue weighted by Crippen LogP contribution is 2.08. The lowest BCUT2D eigenvalue weighted by Gasteiger charge is -2.06. The average Bonchev–Trinajstić information content (AvgIpc) is 2.82. The summed E-state index contributed by atoms with van der Waals surface area (Å²) in [6.07, 6.45) is 1.48. The number of aromatic carboxylic acids is 1. The van der Waals surface area contributed by atoms with E-state index in [4.69, 9.17) is 5.11 Å². The van der Waals surface area contributed by atoms with Gasteiger partial charge in [0.15, 0.2) is 0 Å². The molecule has 0 aliphatic rings. The molecular weight excluding hydrogens is 296 g/mol. The van der Waals surface area contributed by atoms with Gasteiger partial charge in [-0.05, 0) is 17.7 Å². The molecule has 0 amide bonds. The summed E-state index contributed by atoms with van der Waals surface area (Å²) in [5.74, 6) is -0.783. The van der Waals surface area contributed by atoms with Crippen molar-refractivity contribution in [2.75, 3.05) is 0 Å². The van der Waals surface area contributed by atoms with Crippen LogP contribution in [-0.2, 0) is 29.4 Å². The first-order valence-electron chi connectivity index (χ1n) is 6.00. The summed E-state index contributed by atoms with van der Waals surface area (Å²) >= 11 is 0. The number of hydrogen-bond donors (Lipinski definition) is 2. The zero-order valence-electron chi connectivity index (χ0n) is 11.2. The van der Waals surface area contributed by atoms with E-state index in [1.807, 2.05) is 0 Å². The molecule has 2 aromatic rings. The third-order valence-corrected chi connectivity index (χ3v) is 4.11. The van der Waals surface area contributed by atoms with Crippen molar-refractivity contribution in [1.82, 2.24) is 19.5 Å². The molecule has 2 rings (SSSR count). The molecule has 0 atom stereocenters. The van der Waals surface area contributed by atoms with Gasteiger partial charge in [0.2, 0.25) is 10.0 Å². The third kappa shape index (κ3) is 4.10. The number of carboxylic acids is 1. The van der Waals surface area contributed by atoms with Crippen LogP contribution in [0.2, 0.25) is 0 Å². The van der Waals surface area contributed by atoms with Crippen molar-refractivity contribution in [3.63, 3.8) is 0 Å². The Bertz CT molecular complexity index is 737. The van der Waals surface area contributed by atoms with Gasteiger partial charge in [-0.25, -0.2) is 17.9 Å². The van der Waals surface area contributed by atoms with Crippen LogP contribution in [0.3, 0.4) is 0 Å². The van der Waals surface area contributed by atoms with Crippen LogP contribution in [0.25, 0.3) is 0 Å². The van der Waals surface area contributed by atoms with Crippen molar-refractivity contribution < 1.29 is 18.3 Å². The minimum absolute atomic E-state index is 0.0477. The summed E-state index contributed by atoms with van der Waals surface area (Å²) in [7, 11) is -1.82. The quantitative estimate of drug-likeness (QED) is 0.784. The Labute approximate surface area is 121 Å². The van der Waals surface area contributed by atoms with E-state index in [2.05, 4.69) is 14.9 Å². The second-order valence-electron chi connectivity index (χ2n) is 4.44. The van der Waals surface area contributed by atoms with Crippen molar-refractivity contribution in [2.24, 2.45) is 7.05 Å². The molecule has 8 nitrogen and oxygen atoms in total. The van der Waals surface area contributed by atoms with Crippen LogP contribution >= 0.6 is 0 Å². The third-order valence-electron chi connectivity index (χ3n) is 2.81. The largest absolute Gasteiger partial charge is 0.478 e. The molecule has 1 aromatic heterocycles. The van der Waals surface area contributed by atoms with Gasteiger partial charge in [0, 0.05) is 7.05 Å². The summed E-state index contributed by atoms with van der Waals surface area (Å²) in [4.78, 5) is 10.7. The van der Waals surface area contributed by atoms with E-state index < -0.39 is 16.0 Å². The number of nitrogens with zero attached hydrogens (tertiary/aromatic N) is 3. The van der Waals surface area contributed by atoms with Gasteiger partial charge in [0.05, 0.1) is 17.9 Å². The van der Waals surface area contributed by atoms with Gasteiger partial charge in [0.25, 0.3) is 0 Å². The molecule has 0 fully saturated rings. The normalized spacial score (nSPS) is 11.5. The first-order valence-corrected chi connectivity index (χ1v) is 7.65. The summed E-state index contributed by atoms with van der Waals surface area (Å²) in [5, 5.41) is 16.2. The number of benzene rings is 1. The topological polar surface area (TPSA) is 114 Å². The maximum atomic E-state index is 11.9. The fourth-order valence-corrected chi connectivity index (χ4v) is 2.74. The Morgan fingerprint density at radius 2 is 2.00 bits per heavy atom. The molecule has 9 heteroatoms. The monoisotopic (exact) mass is 310 g/mol. The number of aromatic nitrogens is 3. The standard InChI is InChI=1S/C12H14N4O4S/c1-16-8-13-15-11(16)6-14-21(19,20)7-9-2-4-10(5-3-9)12(17)18/h2-5,8,14H,6-7H2,1H3,(H,17,18). The van der Waals surface area contributed by atoms with Gasteiger partial charge < -0.3 is 9.67 Å². The Morgan fingerprint density at radius 3 is 2.52 bits per heavy atom. The van der Waals surface area contributed by atoms with Crippen molar-refractivity contribution in [2.45, 2.75) is 12.3 Å². The zero-order chi connectivity index (χ0) is 15.5. The highest BCUT2D eigenvalue weighted by Gasteiger charge is 2.13. The molecule has 2 N–H and O–H groups in total. The molecule has 0 saturated heterocycles. The highest BCUT2D eigenvalue weighted by atomic mass is 32.2. The number of aryl methyl sites for hydroxylation is 1. The lowest BCUT2D eigenvalue weighted by molar-refractivity contribution is 0.0697.